The van der Waals surface area contributed by atoms with Crippen LogP contribution in [-0.2, 0) is 9.47 Å². The summed E-state index contributed by atoms with van der Waals surface area (Å²) in [6.45, 7) is 16.1. The monoisotopic (exact) mass is 704 g/mol. The summed E-state index contributed by atoms with van der Waals surface area (Å²) < 4.78 is 11.5. The van der Waals surface area contributed by atoms with Gasteiger partial charge in [0.1, 0.15) is 22.9 Å². The average Bonchev–Trinajstić information content (AvgIpc) is 3.47. The normalized spacial score (nSPS) is 22.8. The largest absolute Gasteiger partial charge is 0.444 e. The number of hydrogen-bond donors (Lipinski definition) is 2. The molecule has 4 heterocycles. The second-order valence-corrected chi connectivity index (χ2v) is 22.5. The van der Waals surface area contributed by atoms with Gasteiger partial charge < -0.3 is 24.3 Å². The fourth-order valence-electron chi connectivity index (χ4n) is 7.96. The summed E-state index contributed by atoms with van der Waals surface area (Å²) in [5.41, 5.74) is 4.99. The number of ether oxygens (including phenoxy) is 2. The minimum absolute atomic E-state index is 0.0953. The van der Waals surface area contributed by atoms with E-state index in [0.29, 0.717) is 5.92 Å². The maximum atomic E-state index is 13.2. The molecule has 2 aliphatic heterocycles. The quantitative estimate of drug-likeness (QED) is 0.180. The Morgan fingerprint density at radius 1 is 0.804 bits per heavy atom. The SMILES string of the molecule is CC(C)(C)OC(=O)N1C[Si](C)(C)C[C@H]1c1nc2c(ccc3cc(-c4ccc(-c5cnc([C@@H]6C[C@H]7C[C@H]7N6C(=O)OC(C)(C)C)[nH]5)cc4)ccc32)[nH]1. The number of aromatic amines is 2. The van der Waals surface area contributed by atoms with Gasteiger partial charge in [0.05, 0.1) is 43.1 Å². The van der Waals surface area contributed by atoms with Gasteiger partial charge in [-0.1, -0.05) is 55.6 Å². The van der Waals surface area contributed by atoms with Gasteiger partial charge in [-0.3, -0.25) is 4.90 Å². The molecule has 2 saturated heterocycles. The molecule has 0 unspecified atom stereocenters. The number of imidazole rings is 2. The third-order valence-corrected chi connectivity index (χ3v) is 13.0. The second kappa shape index (κ2) is 11.7. The number of aromatic nitrogens is 4. The number of nitrogens with one attached hydrogen (secondary N) is 2. The first kappa shape index (κ1) is 33.5. The number of rotatable bonds is 4. The predicted molar refractivity (Wildman–Crippen MR) is 202 cm³/mol. The van der Waals surface area contributed by atoms with Crippen LogP contribution in [0.15, 0.2) is 60.8 Å². The molecule has 3 fully saturated rings. The Hall–Kier alpha value is -4.64. The van der Waals surface area contributed by atoms with E-state index in [1.165, 1.54) is 0 Å². The van der Waals surface area contributed by atoms with Gasteiger partial charge in [0, 0.05) is 17.6 Å². The maximum Gasteiger partial charge on any atom is 0.411 e. The molecule has 1 saturated carbocycles. The number of fused-ring (bicyclic) bond motifs is 4. The Morgan fingerprint density at radius 2 is 1.49 bits per heavy atom. The first-order valence-electron chi connectivity index (χ1n) is 18.1. The molecule has 5 aromatic rings. The predicted octanol–water partition coefficient (Wildman–Crippen LogP) is 9.38. The van der Waals surface area contributed by atoms with Gasteiger partial charge in [-0.05, 0) is 101 Å². The van der Waals surface area contributed by atoms with Crippen LogP contribution in [0, 0.1) is 5.92 Å². The fourth-order valence-corrected chi connectivity index (χ4v) is 10.8. The number of H-pyrrole nitrogens is 2. The van der Waals surface area contributed by atoms with Gasteiger partial charge in [-0.2, -0.15) is 0 Å². The molecule has 0 spiro atoms. The Morgan fingerprint density at radius 3 is 2.22 bits per heavy atom. The van der Waals surface area contributed by atoms with Crippen LogP contribution in [0.1, 0.15) is 78.1 Å². The fraction of sp³-hybridized carbons (Fsp3) is 0.450. The van der Waals surface area contributed by atoms with Gasteiger partial charge in [0.2, 0.25) is 0 Å². The van der Waals surface area contributed by atoms with Crippen LogP contribution in [0.2, 0.25) is 19.1 Å². The first-order valence-corrected chi connectivity index (χ1v) is 21.5. The Balaban J connectivity index is 1.01. The third-order valence-electron chi connectivity index (χ3n) is 10.3. The van der Waals surface area contributed by atoms with Crippen LogP contribution < -0.4 is 0 Å². The zero-order chi connectivity index (χ0) is 36.0. The number of nitrogens with zero attached hydrogens (tertiary/aromatic N) is 4. The van der Waals surface area contributed by atoms with Crippen LogP contribution >= 0.6 is 0 Å². The van der Waals surface area contributed by atoms with Crippen LogP contribution in [0.4, 0.5) is 9.59 Å². The van der Waals surface area contributed by atoms with Gasteiger partial charge >= 0.3 is 12.2 Å². The molecule has 10 nitrogen and oxygen atoms in total. The number of hydrogen-bond acceptors (Lipinski definition) is 6. The molecule has 3 aromatic carbocycles. The molecular formula is C40H48N6O4Si. The molecular weight excluding hydrogens is 657 g/mol. The highest BCUT2D eigenvalue weighted by atomic mass is 28.3. The lowest BCUT2D eigenvalue weighted by atomic mass is 9.99. The van der Waals surface area contributed by atoms with Crippen molar-refractivity contribution in [3.05, 3.63) is 72.4 Å². The molecule has 0 bridgehead atoms. The Labute approximate surface area is 299 Å². The highest BCUT2D eigenvalue weighted by Crippen LogP contribution is 2.53. The molecule has 0 radical (unpaired) electrons. The zero-order valence-corrected chi connectivity index (χ0v) is 31.8. The van der Waals surface area contributed by atoms with E-state index in [9.17, 15) is 9.59 Å². The van der Waals surface area contributed by atoms with Crippen LogP contribution in [0.25, 0.3) is 44.2 Å². The Bertz CT molecular complexity index is 2160. The Kier molecular flexibility index (Phi) is 7.68. The maximum absolute atomic E-state index is 13.2. The van der Waals surface area contributed by atoms with Crippen molar-refractivity contribution in [2.75, 3.05) is 6.17 Å². The van der Waals surface area contributed by atoms with Crippen LogP contribution in [0.3, 0.4) is 0 Å². The number of carbonyl (C=O) groups is 2. The van der Waals surface area contributed by atoms with Crippen molar-refractivity contribution in [1.29, 1.82) is 0 Å². The topological polar surface area (TPSA) is 116 Å². The summed E-state index contributed by atoms with van der Waals surface area (Å²) in [5.74, 6) is 2.16. The van der Waals surface area contributed by atoms with Crippen molar-refractivity contribution in [2.24, 2.45) is 5.92 Å². The molecule has 3 aliphatic rings. The van der Waals surface area contributed by atoms with E-state index < -0.39 is 19.3 Å². The smallest absolute Gasteiger partial charge is 0.411 e. The molecule has 4 atom stereocenters. The number of amides is 2. The van der Waals surface area contributed by atoms with Gasteiger partial charge in [-0.25, -0.2) is 19.6 Å². The van der Waals surface area contributed by atoms with E-state index in [-0.39, 0.29) is 30.3 Å². The molecule has 51 heavy (non-hydrogen) atoms. The van der Waals surface area contributed by atoms with E-state index in [0.717, 1.165) is 80.9 Å². The highest BCUT2D eigenvalue weighted by molar-refractivity contribution is 6.78. The van der Waals surface area contributed by atoms with E-state index in [1.807, 2.05) is 57.5 Å². The van der Waals surface area contributed by atoms with Crippen molar-refractivity contribution in [2.45, 2.75) is 103 Å². The molecule has 8 rings (SSSR count). The van der Waals surface area contributed by atoms with E-state index in [1.54, 1.807) is 0 Å². The molecule has 2 N–H and O–H groups in total. The standard InChI is InChI=1S/C40H48N6O4Si/c1-39(2,3)49-37(47)45-22-51(7,8)21-33(45)36-42-29-16-14-26-17-25(13-15-28(26)34(29)44-36)23-9-11-24(12-10-23)30-20-41-35(43-30)32-19-27-18-31(27)46(32)38(48)50-40(4,5)6/h9-17,20,27,31-33H,18-19,21-22H2,1-8H3,(H,41,43)(H,42,44)/t27-,31-,32+,33+/m1/s1. The minimum Gasteiger partial charge on any atom is -0.444 e. The summed E-state index contributed by atoms with van der Waals surface area (Å²) >= 11 is 0. The summed E-state index contributed by atoms with van der Waals surface area (Å²) in [4.78, 5) is 47.0. The van der Waals surface area contributed by atoms with Gasteiger partial charge in [0.15, 0.2) is 0 Å². The molecule has 2 amide bonds. The van der Waals surface area contributed by atoms with Crippen molar-refractivity contribution in [3.63, 3.8) is 0 Å². The van der Waals surface area contributed by atoms with Crippen LogP contribution in [0.5, 0.6) is 0 Å². The number of likely N-dealkylation sites (tertiary alicyclic amines) is 1. The first-order chi connectivity index (χ1) is 24.0. The van der Waals surface area contributed by atoms with Gasteiger partial charge in [-0.15, -0.1) is 0 Å². The molecule has 11 heteroatoms. The van der Waals surface area contributed by atoms with E-state index >= 15 is 0 Å². The van der Waals surface area contributed by atoms with Crippen molar-refractivity contribution in [1.82, 2.24) is 29.7 Å². The van der Waals surface area contributed by atoms with Crippen LogP contribution in [-0.4, -0.2) is 73.4 Å². The van der Waals surface area contributed by atoms with Crippen molar-refractivity contribution < 1.29 is 19.1 Å². The van der Waals surface area contributed by atoms with Gasteiger partial charge in [0.25, 0.3) is 0 Å². The summed E-state index contributed by atoms with van der Waals surface area (Å²) in [5, 5.41) is 2.18. The molecule has 2 aromatic heterocycles. The highest BCUT2D eigenvalue weighted by Gasteiger charge is 2.56. The number of benzene rings is 3. The summed E-state index contributed by atoms with van der Waals surface area (Å²) in [6.07, 6.45) is 4.04. The second-order valence-electron chi connectivity index (χ2n) is 17.5. The minimum atomic E-state index is -1.64. The number of carbonyl (C=O) groups excluding carboxylic acids is 2. The lowest BCUT2D eigenvalue weighted by Gasteiger charge is -2.29. The van der Waals surface area contributed by atoms with E-state index in [2.05, 4.69) is 77.7 Å². The lowest BCUT2D eigenvalue weighted by Crippen LogP contribution is -2.39. The third kappa shape index (κ3) is 6.52. The molecule has 1 aliphatic carbocycles. The van der Waals surface area contributed by atoms with Crippen molar-refractivity contribution >= 4 is 42.1 Å². The average molecular weight is 705 g/mol. The lowest BCUT2D eigenvalue weighted by molar-refractivity contribution is 0.0173. The van der Waals surface area contributed by atoms with E-state index in [4.69, 9.17) is 19.4 Å². The summed E-state index contributed by atoms with van der Waals surface area (Å²) in [6, 6.07) is 20.2. The zero-order valence-electron chi connectivity index (χ0n) is 30.8. The van der Waals surface area contributed by atoms with Crippen molar-refractivity contribution in [3.8, 4) is 22.4 Å². The molecule has 266 valence electrons. The summed E-state index contributed by atoms with van der Waals surface area (Å²) in [7, 11) is -1.64. The number of piperidine rings is 1.